The number of rotatable bonds is 2. The fourth-order valence-corrected chi connectivity index (χ4v) is 4.48. The molecule has 0 spiro atoms. The van der Waals surface area contributed by atoms with Crippen molar-refractivity contribution in [1.29, 1.82) is 0 Å². The van der Waals surface area contributed by atoms with Gasteiger partial charge in [0.25, 0.3) is 5.56 Å². The van der Waals surface area contributed by atoms with Crippen LogP contribution in [0.5, 0.6) is 0 Å². The zero-order valence-electron chi connectivity index (χ0n) is 14.6. The Kier molecular flexibility index (Phi) is 3.78. The number of benzene rings is 1. The molecule has 8 heteroatoms. The fourth-order valence-electron chi connectivity index (χ4n) is 3.53. The summed E-state index contributed by atoms with van der Waals surface area (Å²) in [5.74, 6) is 0.315. The Hall–Kier alpha value is -3.00. The molecule has 0 radical (unpaired) electrons. The minimum absolute atomic E-state index is 0.315. The van der Waals surface area contributed by atoms with E-state index in [1.807, 2.05) is 24.3 Å². The van der Waals surface area contributed by atoms with Crippen LogP contribution in [0, 0.1) is 0 Å². The van der Waals surface area contributed by atoms with E-state index >= 15 is 0 Å². The van der Waals surface area contributed by atoms with Crippen molar-refractivity contribution < 1.29 is 0 Å². The van der Waals surface area contributed by atoms with Crippen LogP contribution in [0.2, 0.25) is 0 Å². The molecule has 2 aliphatic heterocycles. The molecule has 7 nitrogen and oxygen atoms in total. The van der Waals surface area contributed by atoms with Crippen molar-refractivity contribution in [2.75, 3.05) is 23.7 Å². The number of hydrogen-bond donors (Lipinski definition) is 1. The highest BCUT2D eigenvalue weighted by Crippen LogP contribution is 2.33. The fraction of sp³-hybridized carbons (Fsp3) is 0.263. The van der Waals surface area contributed by atoms with Crippen molar-refractivity contribution in [2.24, 2.45) is 4.99 Å². The second kappa shape index (κ2) is 6.31. The Bertz CT molecular complexity index is 1150. The average molecular weight is 378 g/mol. The smallest absolute Gasteiger partial charge is 0.283 e. The number of piperidine rings is 1. The van der Waals surface area contributed by atoms with Gasteiger partial charge >= 0.3 is 0 Å². The van der Waals surface area contributed by atoms with Gasteiger partial charge in [0, 0.05) is 30.4 Å². The van der Waals surface area contributed by atoms with Crippen molar-refractivity contribution in [3.63, 3.8) is 0 Å². The molecule has 2 aromatic heterocycles. The number of aromatic nitrogens is 3. The Labute approximate surface area is 159 Å². The molecule has 0 atom stereocenters. The van der Waals surface area contributed by atoms with Crippen molar-refractivity contribution in [3.8, 4) is 0 Å². The van der Waals surface area contributed by atoms with Crippen LogP contribution in [-0.2, 0) is 0 Å². The molecule has 0 unspecified atom stereocenters. The predicted octanol–water partition coefficient (Wildman–Crippen LogP) is 2.98. The van der Waals surface area contributed by atoms with Gasteiger partial charge in [-0.25, -0.2) is 0 Å². The van der Waals surface area contributed by atoms with E-state index in [-0.39, 0.29) is 5.56 Å². The number of hydrogen-bond acceptors (Lipinski definition) is 7. The molecule has 5 rings (SSSR count). The third-order valence-electron chi connectivity index (χ3n) is 4.97. The first-order valence-electron chi connectivity index (χ1n) is 9.00. The molecule has 0 aliphatic carbocycles. The van der Waals surface area contributed by atoms with Gasteiger partial charge in [0.2, 0.25) is 10.1 Å². The summed E-state index contributed by atoms with van der Waals surface area (Å²) >= 11 is 1.41. The number of fused-ring (bicyclic) bond motifs is 2. The van der Waals surface area contributed by atoms with E-state index in [2.05, 4.69) is 20.0 Å². The molecule has 3 aromatic rings. The van der Waals surface area contributed by atoms with Crippen molar-refractivity contribution in [3.05, 3.63) is 45.7 Å². The first-order chi connectivity index (χ1) is 13.2. The highest BCUT2D eigenvalue weighted by molar-refractivity contribution is 7.20. The van der Waals surface area contributed by atoms with Crippen LogP contribution in [0.3, 0.4) is 0 Å². The van der Waals surface area contributed by atoms with E-state index in [1.165, 1.54) is 17.8 Å². The van der Waals surface area contributed by atoms with E-state index in [0.717, 1.165) is 47.9 Å². The number of anilines is 2. The number of para-hydroxylation sites is 1. The molecule has 27 heavy (non-hydrogen) atoms. The van der Waals surface area contributed by atoms with Crippen LogP contribution in [0.4, 0.5) is 16.6 Å². The van der Waals surface area contributed by atoms with Crippen LogP contribution in [-0.4, -0.2) is 33.9 Å². The Morgan fingerprint density at radius 1 is 1.15 bits per heavy atom. The van der Waals surface area contributed by atoms with Crippen molar-refractivity contribution in [1.82, 2.24) is 14.6 Å². The van der Waals surface area contributed by atoms with Gasteiger partial charge in [-0.3, -0.25) is 9.79 Å². The predicted molar refractivity (Wildman–Crippen MR) is 110 cm³/mol. The molecule has 2 N–H and O–H groups in total. The topological polar surface area (TPSA) is 88.9 Å². The molecule has 2 aliphatic rings. The molecule has 4 heterocycles. The monoisotopic (exact) mass is 378 g/mol. The molecule has 1 aromatic carbocycles. The summed E-state index contributed by atoms with van der Waals surface area (Å²) in [5, 5.41) is 5.49. The molecule has 136 valence electrons. The van der Waals surface area contributed by atoms with Crippen LogP contribution in [0.1, 0.15) is 30.4 Å². The summed E-state index contributed by atoms with van der Waals surface area (Å²) in [5.41, 5.74) is 9.04. The van der Waals surface area contributed by atoms with E-state index in [9.17, 15) is 4.79 Å². The second-order valence-electron chi connectivity index (χ2n) is 6.72. The van der Waals surface area contributed by atoms with E-state index in [4.69, 9.17) is 5.73 Å². The van der Waals surface area contributed by atoms with Crippen molar-refractivity contribution >= 4 is 50.8 Å². The number of nitrogens with zero attached hydrogens (tertiary/aromatic N) is 5. The first kappa shape index (κ1) is 16.2. The molecular weight excluding hydrogens is 360 g/mol. The summed E-state index contributed by atoms with van der Waals surface area (Å²) in [7, 11) is 0. The Morgan fingerprint density at radius 2 is 1.96 bits per heavy atom. The minimum atomic E-state index is -0.341. The Balaban J connectivity index is 1.60. The number of nitrogens with two attached hydrogens (primary N) is 1. The zero-order chi connectivity index (χ0) is 18.4. The summed E-state index contributed by atoms with van der Waals surface area (Å²) in [6, 6.07) is 7.80. The maximum Gasteiger partial charge on any atom is 0.283 e. The van der Waals surface area contributed by atoms with Gasteiger partial charge in [-0.05, 0) is 31.4 Å². The maximum atomic E-state index is 12.6. The van der Waals surface area contributed by atoms with Crippen LogP contribution in [0.25, 0.3) is 16.6 Å². The minimum Gasteiger partial charge on any atom is -0.383 e. The van der Waals surface area contributed by atoms with Crippen LogP contribution in [0.15, 0.2) is 34.1 Å². The van der Waals surface area contributed by atoms with E-state index in [0.29, 0.717) is 16.3 Å². The summed E-state index contributed by atoms with van der Waals surface area (Å²) < 4.78 is 1.58. The highest BCUT2D eigenvalue weighted by Gasteiger charge is 2.20. The van der Waals surface area contributed by atoms with E-state index < -0.39 is 0 Å². The largest absolute Gasteiger partial charge is 0.383 e. The zero-order valence-corrected chi connectivity index (χ0v) is 15.4. The molecule has 1 fully saturated rings. The lowest BCUT2D eigenvalue weighted by Gasteiger charge is -2.25. The molecule has 0 amide bonds. The summed E-state index contributed by atoms with van der Waals surface area (Å²) in [4.78, 5) is 24.0. The van der Waals surface area contributed by atoms with Gasteiger partial charge in [-0.1, -0.05) is 29.5 Å². The van der Waals surface area contributed by atoms with Gasteiger partial charge in [0.05, 0.1) is 11.3 Å². The quantitative estimate of drug-likeness (QED) is 0.740. The molecular formula is C19H18N6OS. The molecule has 0 bridgehead atoms. The standard InChI is InChI=1S/C19H18N6OS/c20-16-14(10-12-11-21-15-7-3-2-6-13(12)15)17(26)22-18-25(16)23-19(27-18)24-8-4-1-5-9-24/h2-3,6-7,10-11H,1,4-5,8-9,20H2/b12-10+. The van der Waals surface area contributed by atoms with Gasteiger partial charge in [-0.15, -0.1) is 5.10 Å². The number of nitrogen functional groups attached to an aromatic ring is 1. The van der Waals surface area contributed by atoms with Crippen LogP contribution >= 0.6 is 11.3 Å². The van der Waals surface area contributed by atoms with Gasteiger partial charge in [0.15, 0.2) is 0 Å². The van der Waals surface area contributed by atoms with Crippen molar-refractivity contribution in [2.45, 2.75) is 19.3 Å². The molecule has 1 saturated heterocycles. The highest BCUT2D eigenvalue weighted by atomic mass is 32.1. The average Bonchev–Trinajstić information content (AvgIpc) is 3.30. The van der Waals surface area contributed by atoms with Gasteiger partial charge < -0.3 is 10.6 Å². The van der Waals surface area contributed by atoms with E-state index in [1.54, 1.807) is 16.8 Å². The lowest BCUT2D eigenvalue weighted by molar-refractivity contribution is 0.574. The second-order valence-corrected chi connectivity index (χ2v) is 7.65. The number of aliphatic imine (C=N–C) groups is 1. The third-order valence-corrected chi connectivity index (χ3v) is 5.93. The lowest BCUT2D eigenvalue weighted by atomic mass is 10.1. The third kappa shape index (κ3) is 2.73. The Morgan fingerprint density at radius 3 is 2.81 bits per heavy atom. The summed E-state index contributed by atoms with van der Waals surface area (Å²) in [6.45, 7) is 1.96. The molecule has 0 saturated carbocycles. The van der Waals surface area contributed by atoms with Gasteiger partial charge in [0.1, 0.15) is 5.82 Å². The number of allylic oxidation sites excluding steroid dienone is 1. The van der Waals surface area contributed by atoms with Gasteiger partial charge in [-0.2, -0.15) is 9.50 Å². The first-order valence-corrected chi connectivity index (χ1v) is 9.82. The maximum absolute atomic E-state index is 12.6. The SMILES string of the molecule is Nc1c(/C=C2\C=Nc3ccccc32)c(=O)nc2sc(N3CCCCC3)nn12. The van der Waals surface area contributed by atoms with Crippen LogP contribution < -0.4 is 16.2 Å². The normalized spacial score (nSPS) is 17.8. The lowest BCUT2D eigenvalue weighted by Crippen LogP contribution is -2.29. The summed E-state index contributed by atoms with van der Waals surface area (Å²) in [6.07, 6.45) is 7.07.